The van der Waals surface area contributed by atoms with Gasteiger partial charge in [0.1, 0.15) is 11.5 Å². The van der Waals surface area contributed by atoms with Crippen molar-refractivity contribution >= 4 is 0 Å². The molecule has 5 nitrogen and oxygen atoms in total. The van der Waals surface area contributed by atoms with Gasteiger partial charge in [0.05, 0.1) is 25.5 Å². The number of methoxy groups -OCH3 is 1. The summed E-state index contributed by atoms with van der Waals surface area (Å²) in [5.41, 5.74) is 1.35. The van der Waals surface area contributed by atoms with Crippen LogP contribution in [-0.4, -0.2) is 28.4 Å². The molecule has 2 aromatic rings. The van der Waals surface area contributed by atoms with E-state index < -0.39 is 0 Å². The molecule has 1 atom stereocenters. The summed E-state index contributed by atoms with van der Waals surface area (Å²) in [4.78, 5) is 3.81. The molecule has 6 heteroatoms. The topological polar surface area (TPSA) is 52.0 Å². The van der Waals surface area contributed by atoms with E-state index in [0.717, 1.165) is 5.69 Å². The Kier molecular flexibility index (Phi) is 4.90. The van der Waals surface area contributed by atoms with E-state index >= 15 is 0 Å². The Labute approximate surface area is 124 Å². The minimum absolute atomic E-state index is 0.148. The van der Waals surface area contributed by atoms with Crippen LogP contribution in [0, 0.1) is 5.82 Å². The fraction of sp³-hybridized carbons (Fsp3) is 0.467. The van der Waals surface area contributed by atoms with Crippen molar-refractivity contribution in [2.45, 2.75) is 32.9 Å². The molecule has 114 valence electrons. The summed E-state index contributed by atoms with van der Waals surface area (Å²) < 4.78 is 21.4. The smallest absolute Gasteiger partial charge is 0.161 e. The van der Waals surface area contributed by atoms with Crippen LogP contribution in [0.25, 0.3) is 0 Å². The van der Waals surface area contributed by atoms with Crippen LogP contribution < -0.4 is 10.1 Å². The maximum Gasteiger partial charge on any atom is 0.161 e. The number of rotatable bonds is 6. The number of hydrogen-bond donors (Lipinski definition) is 1. The lowest BCUT2D eigenvalue weighted by molar-refractivity contribution is 0.392. The molecule has 0 aliphatic carbocycles. The number of hydrogen-bond acceptors (Lipinski definition) is 4. The summed E-state index contributed by atoms with van der Waals surface area (Å²) in [7, 11) is 1.59. The van der Waals surface area contributed by atoms with Crippen molar-refractivity contribution < 1.29 is 9.13 Å². The molecule has 0 fully saturated rings. The first-order valence-electron chi connectivity index (χ1n) is 7.04. The second-order valence-electron chi connectivity index (χ2n) is 5.02. The molecule has 0 bridgehead atoms. The monoisotopic (exact) mass is 292 g/mol. The molecule has 0 aromatic carbocycles. The molecule has 1 unspecified atom stereocenters. The Morgan fingerprint density at radius 2 is 2.14 bits per heavy atom. The lowest BCUT2D eigenvalue weighted by atomic mass is 10.0. The molecule has 0 aliphatic heterocycles. The van der Waals surface area contributed by atoms with Gasteiger partial charge in [0.2, 0.25) is 0 Å². The zero-order chi connectivity index (χ0) is 15.4. The molecule has 0 amide bonds. The Balaban J connectivity index is 2.58. The first-order valence-corrected chi connectivity index (χ1v) is 7.04. The molecule has 0 saturated heterocycles. The van der Waals surface area contributed by atoms with E-state index in [1.807, 2.05) is 25.5 Å². The number of nitrogens with one attached hydrogen (secondary N) is 1. The highest BCUT2D eigenvalue weighted by molar-refractivity contribution is 5.36. The molecule has 2 aromatic heterocycles. The predicted molar refractivity (Wildman–Crippen MR) is 78.9 cm³/mol. The average Bonchev–Trinajstić information content (AvgIpc) is 2.89. The van der Waals surface area contributed by atoms with E-state index in [-0.39, 0.29) is 17.9 Å². The molecule has 0 radical (unpaired) electrons. The van der Waals surface area contributed by atoms with Crippen LogP contribution in [0.2, 0.25) is 0 Å². The Morgan fingerprint density at radius 3 is 2.71 bits per heavy atom. The highest BCUT2D eigenvalue weighted by Crippen LogP contribution is 2.32. The quantitative estimate of drug-likeness (QED) is 0.889. The van der Waals surface area contributed by atoms with Crippen LogP contribution in [0.1, 0.15) is 44.1 Å². The number of ether oxygens (including phenoxy) is 1. The Hall–Kier alpha value is -1.95. The highest BCUT2D eigenvalue weighted by Gasteiger charge is 2.26. The van der Waals surface area contributed by atoms with Gasteiger partial charge in [0, 0.05) is 17.8 Å². The molecule has 0 saturated carbocycles. The van der Waals surface area contributed by atoms with Gasteiger partial charge in [-0.3, -0.25) is 9.67 Å². The standard InChI is InChI=1S/C15H21FN4O/c1-5-18-14(11-6-7-17-8-12(11)16)15-13(21-4)9-19-20(15)10(2)3/h6-10,14,18H,5H2,1-4H3. The van der Waals surface area contributed by atoms with E-state index in [9.17, 15) is 4.39 Å². The molecule has 1 N–H and O–H groups in total. The third-order valence-electron chi connectivity index (χ3n) is 3.30. The lowest BCUT2D eigenvalue weighted by Gasteiger charge is -2.22. The van der Waals surface area contributed by atoms with Crippen molar-refractivity contribution in [3.63, 3.8) is 0 Å². The van der Waals surface area contributed by atoms with Crippen molar-refractivity contribution in [1.29, 1.82) is 0 Å². The molecule has 2 heterocycles. The minimum Gasteiger partial charge on any atom is -0.493 e. The second kappa shape index (κ2) is 6.67. The fourth-order valence-corrected chi connectivity index (χ4v) is 2.38. The van der Waals surface area contributed by atoms with Gasteiger partial charge in [0.25, 0.3) is 0 Å². The summed E-state index contributed by atoms with van der Waals surface area (Å²) in [5.74, 6) is 0.299. The summed E-state index contributed by atoms with van der Waals surface area (Å²) in [6.45, 7) is 6.73. The zero-order valence-corrected chi connectivity index (χ0v) is 12.8. The van der Waals surface area contributed by atoms with Gasteiger partial charge in [-0.1, -0.05) is 6.92 Å². The van der Waals surface area contributed by atoms with Crippen molar-refractivity contribution in [2.75, 3.05) is 13.7 Å². The van der Waals surface area contributed by atoms with Crippen LogP contribution >= 0.6 is 0 Å². The van der Waals surface area contributed by atoms with Gasteiger partial charge >= 0.3 is 0 Å². The summed E-state index contributed by atoms with van der Waals surface area (Å²) >= 11 is 0. The van der Waals surface area contributed by atoms with Gasteiger partial charge in [0.15, 0.2) is 5.75 Å². The Bertz CT molecular complexity index is 597. The van der Waals surface area contributed by atoms with Crippen molar-refractivity contribution in [1.82, 2.24) is 20.1 Å². The Morgan fingerprint density at radius 1 is 1.38 bits per heavy atom. The molecular formula is C15H21FN4O. The van der Waals surface area contributed by atoms with Gasteiger partial charge in [-0.25, -0.2) is 4.39 Å². The lowest BCUT2D eigenvalue weighted by Crippen LogP contribution is -2.27. The number of halogens is 1. The first kappa shape index (κ1) is 15.4. The second-order valence-corrected chi connectivity index (χ2v) is 5.02. The molecule has 0 aliphatic rings. The number of aromatic nitrogens is 3. The van der Waals surface area contributed by atoms with Gasteiger partial charge in [-0.05, 0) is 26.5 Å². The van der Waals surface area contributed by atoms with Crippen LogP contribution in [0.4, 0.5) is 4.39 Å². The maximum absolute atomic E-state index is 14.2. The average molecular weight is 292 g/mol. The molecular weight excluding hydrogens is 271 g/mol. The van der Waals surface area contributed by atoms with Crippen molar-refractivity contribution in [2.24, 2.45) is 0 Å². The summed E-state index contributed by atoms with van der Waals surface area (Å²) in [6.07, 6.45) is 4.48. The van der Waals surface area contributed by atoms with Gasteiger partial charge in [-0.2, -0.15) is 5.10 Å². The zero-order valence-electron chi connectivity index (χ0n) is 12.8. The summed E-state index contributed by atoms with van der Waals surface area (Å²) in [6, 6.07) is 1.49. The van der Waals surface area contributed by atoms with Crippen LogP contribution in [0.3, 0.4) is 0 Å². The minimum atomic E-state index is -0.345. The first-order chi connectivity index (χ1) is 10.1. The van der Waals surface area contributed by atoms with E-state index in [0.29, 0.717) is 17.9 Å². The van der Waals surface area contributed by atoms with Gasteiger partial charge in [-0.15, -0.1) is 0 Å². The third-order valence-corrected chi connectivity index (χ3v) is 3.30. The molecule has 21 heavy (non-hydrogen) atoms. The van der Waals surface area contributed by atoms with Crippen LogP contribution in [0.15, 0.2) is 24.7 Å². The number of nitrogens with zero attached hydrogens (tertiary/aromatic N) is 3. The highest BCUT2D eigenvalue weighted by atomic mass is 19.1. The predicted octanol–water partition coefficient (Wildman–Crippen LogP) is 2.71. The van der Waals surface area contributed by atoms with Crippen molar-refractivity contribution in [3.8, 4) is 5.75 Å². The maximum atomic E-state index is 14.2. The molecule has 0 spiro atoms. The largest absolute Gasteiger partial charge is 0.493 e. The summed E-state index contributed by atoms with van der Waals surface area (Å²) in [5, 5.41) is 7.66. The van der Waals surface area contributed by atoms with Gasteiger partial charge < -0.3 is 10.1 Å². The van der Waals surface area contributed by atoms with E-state index in [1.54, 1.807) is 25.6 Å². The third kappa shape index (κ3) is 3.05. The van der Waals surface area contributed by atoms with E-state index in [1.165, 1.54) is 6.20 Å². The van der Waals surface area contributed by atoms with Crippen molar-refractivity contribution in [3.05, 3.63) is 41.7 Å². The van der Waals surface area contributed by atoms with Crippen LogP contribution in [0.5, 0.6) is 5.75 Å². The van der Waals surface area contributed by atoms with Crippen LogP contribution in [-0.2, 0) is 0 Å². The number of pyridine rings is 1. The van der Waals surface area contributed by atoms with E-state index in [4.69, 9.17) is 4.74 Å². The normalized spacial score (nSPS) is 12.7. The molecule has 2 rings (SSSR count). The SMILES string of the molecule is CCNC(c1ccncc1F)c1c(OC)cnn1C(C)C. The fourth-order valence-electron chi connectivity index (χ4n) is 2.38. The van der Waals surface area contributed by atoms with E-state index in [2.05, 4.69) is 15.4 Å².